The van der Waals surface area contributed by atoms with Gasteiger partial charge in [0.05, 0.1) is 5.69 Å². The average Bonchev–Trinajstić information content (AvgIpc) is 2.54. The van der Waals surface area contributed by atoms with Gasteiger partial charge >= 0.3 is 5.69 Å². The van der Waals surface area contributed by atoms with E-state index in [2.05, 4.69) is 0 Å². The number of hydrogen-bond acceptors (Lipinski definition) is 2. The van der Waals surface area contributed by atoms with Crippen molar-refractivity contribution in [2.75, 3.05) is 0 Å². The molecule has 0 aliphatic rings. The van der Waals surface area contributed by atoms with Gasteiger partial charge in [0.1, 0.15) is 0 Å². The molecule has 1 unspecified atom stereocenters. The zero-order valence-electron chi connectivity index (χ0n) is 11.1. The van der Waals surface area contributed by atoms with Crippen LogP contribution in [0.25, 0.3) is 5.69 Å². The number of nitrogens with two attached hydrogens (primary N) is 1. The molecule has 0 fully saturated rings. The summed E-state index contributed by atoms with van der Waals surface area (Å²) in [5, 5.41) is 0. The third-order valence-corrected chi connectivity index (χ3v) is 2.98. The topological polar surface area (TPSA) is 53.0 Å². The molecule has 0 saturated heterocycles. The van der Waals surface area contributed by atoms with Crippen molar-refractivity contribution in [2.24, 2.45) is 12.8 Å². The van der Waals surface area contributed by atoms with Crippen molar-refractivity contribution in [2.45, 2.75) is 26.3 Å². The summed E-state index contributed by atoms with van der Waals surface area (Å²) in [6.45, 7) is 3.91. The molecule has 2 rings (SSSR count). The molecule has 0 bridgehead atoms. The van der Waals surface area contributed by atoms with Gasteiger partial charge in [0.25, 0.3) is 0 Å². The van der Waals surface area contributed by atoms with Gasteiger partial charge in [-0.05, 0) is 38.0 Å². The minimum absolute atomic E-state index is 0.0209. The van der Waals surface area contributed by atoms with Gasteiger partial charge in [-0.25, -0.2) is 4.79 Å². The highest BCUT2D eigenvalue weighted by molar-refractivity contribution is 5.36. The molecule has 0 amide bonds. The number of hydrogen-bond donors (Lipinski definition) is 1. The van der Waals surface area contributed by atoms with Gasteiger partial charge in [0.15, 0.2) is 0 Å². The first-order valence-electron chi connectivity index (χ1n) is 6.09. The minimum Gasteiger partial charge on any atom is -0.328 e. The first-order valence-corrected chi connectivity index (χ1v) is 6.09. The third kappa shape index (κ3) is 2.38. The van der Waals surface area contributed by atoms with Gasteiger partial charge in [0.2, 0.25) is 0 Å². The van der Waals surface area contributed by atoms with Crippen LogP contribution in [-0.4, -0.2) is 15.2 Å². The summed E-state index contributed by atoms with van der Waals surface area (Å²) in [6.07, 6.45) is 2.68. The molecule has 1 heterocycles. The number of aryl methyl sites for hydroxylation is 2. The van der Waals surface area contributed by atoms with Gasteiger partial charge < -0.3 is 10.3 Å². The number of aromatic nitrogens is 2. The monoisotopic (exact) mass is 245 g/mol. The highest BCUT2D eigenvalue weighted by Crippen LogP contribution is 2.11. The Morgan fingerprint density at radius 2 is 1.89 bits per heavy atom. The molecular formula is C14H19N3O. The van der Waals surface area contributed by atoms with Gasteiger partial charge in [-0.3, -0.25) is 4.57 Å². The van der Waals surface area contributed by atoms with Crippen LogP contribution in [0.15, 0.2) is 35.3 Å². The fourth-order valence-electron chi connectivity index (χ4n) is 2.17. The molecule has 2 N–H and O–H groups in total. The fraction of sp³-hybridized carbons (Fsp3) is 0.357. The van der Waals surface area contributed by atoms with Gasteiger partial charge in [-0.1, -0.05) is 12.1 Å². The number of benzene rings is 1. The van der Waals surface area contributed by atoms with Crippen molar-refractivity contribution in [3.05, 3.63) is 52.2 Å². The number of rotatable bonds is 3. The maximum Gasteiger partial charge on any atom is 0.332 e. The quantitative estimate of drug-likeness (QED) is 0.888. The summed E-state index contributed by atoms with van der Waals surface area (Å²) < 4.78 is 3.29. The van der Waals surface area contributed by atoms with Crippen molar-refractivity contribution in [1.29, 1.82) is 0 Å². The molecule has 0 radical (unpaired) electrons. The Morgan fingerprint density at radius 3 is 2.33 bits per heavy atom. The highest BCUT2D eigenvalue weighted by Gasteiger charge is 2.07. The van der Waals surface area contributed by atoms with Gasteiger partial charge in [0, 0.05) is 25.0 Å². The van der Waals surface area contributed by atoms with Crippen LogP contribution in [0, 0.1) is 6.92 Å². The van der Waals surface area contributed by atoms with Crippen LogP contribution < -0.4 is 11.4 Å². The first kappa shape index (κ1) is 12.6. The van der Waals surface area contributed by atoms with Crippen LogP contribution in [0.1, 0.15) is 18.2 Å². The number of imidazole rings is 1. The molecule has 1 atom stereocenters. The van der Waals surface area contributed by atoms with E-state index in [0.717, 1.165) is 17.8 Å². The zero-order valence-corrected chi connectivity index (χ0v) is 11.1. The average molecular weight is 245 g/mol. The molecule has 0 spiro atoms. The minimum atomic E-state index is -0.0209. The molecule has 0 aliphatic carbocycles. The number of nitrogens with zero attached hydrogens (tertiary/aromatic N) is 2. The summed E-state index contributed by atoms with van der Waals surface area (Å²) in [5.74, 6) is 0. The first-order chi connectivity index (χ1) is 8.49. The molecule has 2 aromatic rings. The summed E-state index contributed by atoms with van der Waals surface area (Å²) in [4.78, 5) is 12.0. The van der Waals surface area contributed by atoms with Crippen molar-refractivity contribution in [3.63, 3.8) is 0 Å². The Hall–Kier alpha value is -1.81. The summed E-state index contributed by atoms with van der Waals surface area (Å²) in [5.41, 5.74) is 8.76. The lowest BCUT2D eigenvalue weighted by Crippen LogP contribution is -2.21. The summed E-state index contributed by atoms with van der Waals surface area (Å²) >= 11 is 0. The van der Waals surface area contributed by atoms with Crippen LogP contribution in [-0.2, 0) is 13.5 Å². The van der Waals surface area contributed by atoms with Crippen LogP contribution in [0.5, 0.6) is 0 Å². The second-order valence-electron chi connectivity index (χ2n) is 4.85. The van der Waals surface area contributed by atoms with E-state index in [9.17, 15) is 4.79 Å². The van der Waals surface area contributed by atoms with E-state index >= 15 is 0 Å². The molecule has 0 saturated carbocycles. The second kappa shape index (κ2) is 4.82. The summed E-state index contributed by atoms with van der Waals surface area (Å²) in [7, 11) is 1.76. The van der Waals surface area contributed by atoms with Gasteiger partial charge in [-0.2, -0.15) is 0 Å². The molecule has 96 valence electrons. The maximum absolute atomic E-state index is 12.0. The second-order valence-corrected chi connectivity index (χ2v) is 4.85. The van der Waals surface area contributed by atoms with Gasteiger partial charge in [-0.15, -0.1) is 0 Å². The predicted octanol–water partition coefficient (Wildman–Crippen LogP) is 1.37. The lowest BCUT2D eigenvalue weighted by molar-refractivity contribution is 0.737. The lowest BCUT2D eigenvalue weighted by atomic mass is 10.1. The Balaban J connectivity index is 2.37. The Bertz CT molecular complexity index is 590. The highest BCUT2D eigenvalue weighted by atomic mass is 16.1. The van der Waals surface area contributed by atoms with E-state index in [4.69, 9.17) is 5.73 Å². The normalized spacial score (nSPS) is 12.7. The largest absolute Gasteiger partial charge is 0.332 e. The molecule has 0 aliphatic heterocycles. The van der Waals surface area contributed by atoms with Crippen LogP contribution >= 0.6 is 0 Å². The predicted molar refractivity (Wildman–Crippen MR) is 73.1 cm³/mol. The SMILES string of the molecule is Cc1cn(C)c(=O)n1-c1ccc(CC(C)N)cc1. The summed E-state index contributed by atoms with van der Waals surface area (Å²) in [6, 6.07) is 8.13. The molecule has 1 aromatic heterocycles. The van der Waals surface area contributed by atoms with Crippen molar-refractivity contribution in [3.8, 4) is 5.69 Å². The van der Waals surface area contributed by atoms with Crippen molar-refractivity contribution < 1.29 is 0 Å². The Morgan fingerprint density at radius 1 is 1.28 bits per heavy atom. The standard InChI is InChI=1S/C14H19N3O/c1-10(15)8-12-4-6-13(7-5-12)17-11(2)9-16(3)14(17)18/h4-7,9-10H,8,15H2,1-3H3. The lowest BCUT2D eigenvalue weighted by Gasteiger charge is -2.08. The Labute approximate surface area is 107 Å². The van der Waals surface area contributed by atoms with E-state index < -0.39 is 0 Å². The molecule has 1 aromatic carbocycles. The molecule has 4 heteroatoms. The smallest absolute Gasteiger partial charge is 0.328 e. The Kier molecular flexibility index (Phi) is 3.39. The molecule has 18 heavy (non-hydrogen) atoms. The van der Waals surface area contributed by atoms with E-state index in [0.29, 0.717) is 0 Å². The third-order valence-electron chi connectivity index (χ3n) is 2.98. The van der Waals surface area contributed by atoms with Crippen LogP contribution in [0.2, 0.25) is 0 Å². The zero-order chi connectivity index (χ0) is 13.3. The fourth-order valence-corrected chi connectivity index (χ4v) is 2.17. The van der Waals surface area contributed by atoms with E-state index in [-0.39, 0.29) is 11.7 Å². The van der Waals surface area contributed by atoms with E-state index in [1.807, 2.05) is 44.3 Å². The van der Waals surface area contributed by atoms with Crippen molar-refractivity contribution in [1.82, 2.24) is 9.13 Å². The van der Waals surface area contributed by atoms with E-state index in [1.54, 1.807) is 16.2 Å². The maximum atomic E-state index is 12.0. The van der Waals surface area contributed by atoms with Crippen molar-refractivity contribution >= 4 is 0 Å². The van der Waals surface area contributed by atoms with E-state index in [1.165, 1.54) is 5.56 Å². The molecule has 4 nitrogen and oxygen atoms in total. The van der Waals surface area contributed by atoms with Crippen LogP contribution in [0.4, 0.5) is 0 Å². The van der Waals surface area contributed by atoms with Crippen LogP contribution in [0.3, 0.4) is 0 Å². The molecular weight excluding hydrogens is 226 g/mol.